The summed E-state index contributed by atoms with van der Waals surface area (Å²) in [6, 6.07) is 10.8. The van der Waals surface area contributed by atoms with E-state index in [9.17, 15) is 0 Å². The average molecular weight is 198 g/mol. The van der Waals surface area contributed by atoms with E-state index < -0.39 is 0 Å². The van der Waals surface area contributed by atoms with Crippen LogP contribution < -0.4 is 0 Å². The predicted octanol–water partition coefficient (Wildman–Crippen LogP) is 4.31. The molecule has 1 aliphatic carbocycles. The van der Waals surface area contributed by atoms with Gasteiger partial charge in [0.05, 0.1) is 0 Å². The first-order valence-electron chi connectivity index (χ1n) is 5.80. The van der Waals surface area contributed by atoms with Crippen molar-refractivity contribution in [2.45, 2.75) is 25.7 Å². The van der Waals surface area contributed by atoms with Crippen LogP contribution in [-0.2, 0) is 0 Å². The van der Waals surface area contributed by atoms with Gasteiger partial charge in [0.2, 0.25) is 0 Å². The van der Waals surface area contributed by atoms with Crippen molar-refractivity contribution in [3.63, 3.8) is 0 Å². The molecule has 0 nitrogen and oxygen atoms in total. The fourth-order valence-electron chi connectivity index (χ4n) is 2.31. The van der Waals surface area contributed by atoms with E-state index in [1.807, 2.05) is 0 Å². The van der Waals surface area contributed by atoms with E-state index >= 15 is 0 Å². The van der Waals surface area contributed by atoms with Gasteiger partial charge in [-0.2, -0.15) is 0 Å². The number of hydrogen-bond donors (Lipinski definition) is 0. The third-order valence-electron chi connectivity index (χ3n) is 3.12. The van der Waals surface area contributed by atoms with E-state index in [-0.39, 0.29) is 0 Å². The van der Waals surface area contributed by atoms with Crippen molar-refractivity contribution >= 4 is 0 Å². The van der Waals surface area contributed by atoms with Crippen molar-refractivity contribution in [1.82, 2.24) is 0 Å². The van der Waals surface area contributed by atoms with Crippen LogP contribution in [0.1, 0.15) is 31.2 Å². The molecule has 1 aromatic carbocycles. The standard InChI is InChI=1S/C15H18/c1-2-15(13-9-5-3-6-10-13)14-11-7-4-8-12-14/h3,5-12,14-15H,2,4H2,1H3. The van der Waals surface area contributed by atoms with E-state index in [1.54, 1.807) is 0 Å². The Bertz CT molecular complexity index is 334. The van der Waals surface area contributed by atoms with Crippen LogP contribution in [0.4, 0.5) is 0 Å². The van der Waals surface area contributed by atoms with Gasteiger partial charge in [-0.25, -0.2) is 0 Å². The highest BCUT2D eigenvalue weighted by Gasteiger charge is 2.17. The molecule has 0 N–H and O–H groups in total. The highest BCUT2D eigenvalue weighted by molar-refractivity contribution is 5.25. The number of benzene rings is 1. The Balaban J connectivity index is 2.20. The molecule has 1 unspecified atom stereocenters. The Morgan fingerprint density at radius 1 is 1.13 bits per heavy atom. The molecular formula is C15H18. The number of allylic oxidation sites excluding steroid dienone is 4. The molecule has 0 radical (unpaired) electrons. The minimum Gasteiger partial charge on any atom is -0.0841 e. The highest BCUT2D eigenvalue weighted by Crippen LogP contribution is 2.31. The Morgan fingerprint density at radius 3 is 2.40 bits per heavy atom. The van der Waals surface area contributed by atoms with Crippen LogP contribution in [-0.4, -0.2) is 0 Å². The minimum atomic E-state index is 0.589. The Kier molecular flexibility index (Phi) is 3.39. The zero-order valence-corrected chi connectivity index (χ0v) is 9.27. The van der Waals surface area contributed by atoms with Crippen LogP contribution in [0.25, 0.3) is 0 Å². The van der Waals surface area contributed by atoms with Gasteiger partial charge in [-0.05, 0) is 24.3 Å². The monoisotopic (exact) mass is 198 g/mol. The average Bonchev–Trinajstić information content (AvgIpc) is 2.33. The summed E-state index contributed by atoms with van der Waals surface area (Å²) in [4.78, 5) is 0. The lowest BCUT2D eigenvalue weighted by Gasteiger charge is -2.22. The SMILES string of the molecule is CCC(c1ccccc1)C1C=CCC=C1. The molecular weight excluding hydrogens is 180 g/mol. The normalized spacial score (nSPS) is 17.9. The Labute approximate surface area is 92.3 Å². The van der Waals surface area contributed by atoms with Gasteiger partial charge in [-0.15, -0.1) is 0 Å². The molecule has 0 saturated carbocycles. The maximum Gasteiger partial charge on any atom is 0.00154 e. The van der Waals surface area contributed by atoms with Gasteiger partial charge in [-0.1, -0.05) is 61.6 Å². The molecule has 0 bridgehead atoms. The Morgan fingerprint density at radius 2 is 1.80 bits per heavy atom. The molecule has 1 aliphatic rings. The first-order valence-corrected chi connectivity index (χ1v) is 5.80. The molecule has 2 rings (SSSR count). The third-order valence-corrected chi connectivity index (χ3v) is 3.12. The summed E-state index contributed by atoms with van der Waals surface area (Å²) in [6.07, 6.45) is 11.5. The largest absolute Gasteiger partial charge is 0.0841 e. The second-order valence-electron chi connectivity index (χ2n) is 4.09. The molecule has 0 spiro atoms. The molecule has 0 saturated heterocycles. The van der Waals surface area contributed by atoms with Crippen molar-refractivity contribution in [2.75, 3.05) is 0 Å². The van der Waals surface area contributed by atoms with Gasteiger partial charge >= 0.3 is 0 Å². The predicted molar refractivity (Wildman–Crippen MR) is 65.9 cm³/mol. The second-order valence-corrected chi connectivity index (χ2v) is 4.09. The van der Waals surface area contributed by atoms with E-state index in [4.69, 9.17) is 0 Å². The lowest BCUT2D eigenvalue weighted by molar-refractivity contribution is 0.569. The third kappa shape index (κ3) is 2.38. The molecule has 78 valence electrons. The molecule has 1 atom stereocenters. The van der Waals surface area contributed by atoms with Crippen LogP contribution in [0.3, 0.4) is 0 Å². The Hall–Kier alpha value is -1.30. The summed E-state index contributed by atoms with van der Waals surface area (Å²) in [5.74, 6) is 1.23. The van der Waals surface area contributed by atoms with Crippen molar-refractivity contribution < 1.29 is 0 Å². The van der Waals surface area contributed by atoms with Crippen LogP contribution in [0.15, 0.2) is 54.6 Å². The molecule has 0 aromatic heterocycles. The molecule has 1 aromatic rings. The maximum absolute atomic E-state index is 2.35. The maximum atomic E-state index is 2.35. The van der Waals surface area contributed by atoms with Crippen LogP contribution >= 0.6 is 0 Å². The first-order chi connectivity index (χ1) is 7.42. The summed E-state index contributed by atoms with van der Waals surface area (Å²) >= 11 is 0. The molecule has 0 fully saturated rings. The van der Waals surface area contributed by atoms with Gasteiger partial charge in [0, 0.05) is 5.92 Å². The van der Waals surface area contributed by atoms with Crippen molar-refractivity contribution in [3.8, 4) is 0 Å². The quantitative estimate of drug-likeness (QED) is 0.635. The molecule has 0 amide bonds. The molecule has 0 heteroatoms. The van der Waals surface area contributed by atoms with E-state index in [2.05, 4.69) is 61.6 Å². The van der Waals surface area contributed by atoms with Gasteiger partial charge in [0.15, 0.2) is 0 Å². The van der Waals surface area contributed by atoms with Gasteiger partial charge < -0.3 is 0 Å². The topological polar surface area (TPSA) is 0 Å². The van der Waals surface area contributed by atoms with Gasteiger partial charge in [-0.3, -0.25) is 0 Å². The van der Waals surface area contributed by atoms with Crippen molar-refractivity contribution in [2.24, 2.45) is 5.92 Å². The summed E-state index contributed by atoms with van der Waals surface area (Å²) < 4.78 is 0. The summed E-state index contributed by atoms with van der Waals surface area (Å²) in [7, 11) is 0. The zero-order chi connectivity index (χ0) is 10.5. The van der Waals surface area contributed by atoms with E-state index in [1.165, 1.54) is 12.0 Å². The lowest BCUT2D eigenvalue weighted by atomic mass is 9.82. The molecule has 0 aliphatic heterocycles. The zero-order valence-electron chi connectivity index (χ0n) is 9.27. The van der Waals surface area contributed by atoms with E-state index in [0.29, 0.717) is 11.8 Å². The summed E-state index contributed by atoms with van der Waals surface area (Å²) in [5, 5.41) is 0. The second kappa shape index (κ2) is 4.97. The van der Waals surface area contributed by atoms with Crippen LogP contribution in [0, 0.1) is 5.92 Å². The van der Waals surface area contributed by atoms with Crippen molar-refractivity contribution in [1.29, 1.82) is 0 Å². The first kappa shape index (κ1) is 10.2. The highest BCUT2D eigenvalue weighted by atomic mass is 14.2. The summed E-state index contributed by atoms with van der Waals surface area (Å²) in [5.41, 5.74) is 1.46. The fourth-order valence-corrected chi connectivity index (χ4v) is 2.31. The number of rotatable bonds is 3. The van der Waals surface area contributed by atoms with Crippen molar-refractivity contribution in [3.05, 3.63) is 60.2 Å². The molecule has 15 heavy (non-hydrogen) atoms. The van der Waals surface area contributed by atoms with Gasteiger partial charge in [0.25, 0.3) is 0 Å². The van der Waals surface area contributed by atoms with Crippen LogP contribution in [0.2, 0.25) is 0 Å². The molecule has 0 heterocycles. The van der Waals surface area contributed by atoms with E-state index in [0.717, 1.165) is 6.42 Å². The minimum absolute atomic E-state index is 0.589. The lowest BCUT2D eigenvalue weighted by Crippen LogP contribution is -2.09. The fraction of sp³-hybridized carbons (Fsp3) is 0.333. The van der Waals surface area contributed by atoms with Gasteiger partial charge in [0.1, 0.15) is 0 Å². The smallest absolute Gasteiger partial charge is 0.00154 e. The summed E-state index contributed by atoms with van der Waals surface area (Å²) in [6.45, 7) is 2.27. The van der Waals surface area contributed by atoms with Crippen LogP contribution in [0.5, 0.6) is 0 Å². The number of hydrogen-bond acceptors (Lipinski definition) is 0.